The first-order valence-electron chi connectivity index (χ1n) is 7.70. The second-order valence-electron chi connectivity index (χ2n) is 5.27. The molecule has 1 atom stereocenters. The molecule has 1 aromatic carbocycles. The van der Waals surface area contributed by atoms with Crippen LogP contribution in [0.1, 0.15) is 32.8 Å². The van der Waals surface area contributed by atoms with Gasteiger partial charge in [0.2, 0.25) is 0 Å². The normalized spacial score (nSPS) is 17.5. The summed E-state index contributed by atoms with van der Waals surface area (Å²) in [4.78, 5) is 26.3. The highest BCUT2D eigenvalue weighted by Crippen LogP contribution is 2.38. The number of ether oxygens (including phenoxy) is 2. The number of thioether (sulfide) groups is 1. The lowest BCUT2D eigenvalue weighted by atomic mass is 10.1. The molecule has 2 rings (SSSR count). The Balaban J connectivity index is 2.38. The number of benzene rings is 1. The van der Waals surface area contributed by atoms with Crippen LogP contribution in [0.2, 0.25) is 0 Å². The van der Waals surface area contributed by atoms with E-state index in [0.717, 1.165) is 28.2 Å². The third-order valence-electron chi connectivity index (χ3n) is 3.72. The Morgan fingerprint density at radius 2 is 2.00 bits per heavy atom. The van der Waals surface area contributed by atoms with Gasteiger partial charge in [-0.05, 0) is 55.8 Å². The molecule has 2 amide bonds. The Kier molecular flexibility index (Phi) is 6.34. The molecule has 0 aromatic heterocycles. The van der Waals surface area contributed by atoms with Crippen LogP contribution < -0.4 is 9.47 Å². The predicted octanol–water partition coefficient (Wildman–Crippen LogP) is 4.69. The fourth-order valence-corrected chi connectivity index (χ4v) is 3.63. The van der Waals surface area contributed by atoms with Gasteiger partial charge in [-0.1, -0.05) is 22.9 Å². The van der Waals surface area contributed by atoms with Crippen LogP contribution in [0.3, 0.4) is 0 Å². The molecule has 130 valence electrons. The largest absolute Gasteiger partial charge is 0.493 e. The number of amides is 2. The fraction of sp³-hybridized carbons (Fsp3) is 0.412. The molecule has 0 aliphatic carbocycles. The number of methoxy groups -OCH3 is 1. The summed E-state index contributed by atoms with van der Waals surface area (Å²) in [5.41, 5.74) is 0.755. The van der Waals surface area contributed by atoms with Crippen LogP contribution >= 0.6 is 27.7 Å². The molecule has 24 heavy (non-hydrogen) atoms. The van der Waals surface area contributed by atoms with E-state index in [1.54, 1.807) is 25.3 Å². The average molecular weight is 414 g/mol. The zero-order valence-corrected chi connectivity index (χ0v) is 16.5. The minimum atomic E-state index is -0.251. The molecule has 7 heteroatoms. The van der Waals surface area contributed by atoms with Gasteiger partial charge in [0.1, 0.15) is 0 Å². The molecule has 0 spiro atoms. The molecule has 1 aliphatic rings. The SMILES string of the molecule is CCOc1cc(Br)c(/C=C2/SC(=O)N([C@@H](C)CC)C2=O)cc1OC. The highest BCUT2D eigenvalue weighted by Gasteiger charge is 2.37. The summed E-state index contributed by atoms with van der Waals surface area (Å²) in [7, 11) is 1.56. The molecule has 1 heterocycles. The maximum atomic E-state index is 12.5. The van der Waals surface area contributed by atoms with Crippen molar-refractivity contribution in [1.29, 1.82) is 0 Å². The van der Waals surface area contributed by atoms with Gasteiger partial charge in [0.15, 0.2) is 11.5 Å². The highest BCUT2D eigenvalue weighted by molar-refractivity contribution is 9.10. The average Bonchev–Trinajstić information content (AvgIpc) is 2.83. The van der Waals surface area contributed by atoms with Crippen molar-refractivity contribution in [2.45, 2.75) is 33.2 Å². The number of imide groups is 1. The van der Waals surface area contributed by atoms with Crippen molar-refractivity contribution in [3.05, 3.63) is 27.1 Å². The maximum Gasteiger partial charge on any atom is 0.293 e. The van der Waals surface area contributed by atoms with Gasteiger partial charge in [-0.15, -0.1) is 0 Å². The van der Waals surface area contributed by atoms with Crippen molar-refractivity contribution in [3.63, 3.8) is 0 Å². The molecule has 0 saturated carbocycles. The number of nitrogens with zero attached hydrogens (tertiary/aromatic N) is 1. The lowest BCUT2D eigenvalue weighted by molar-refractivity contribution is -0.124. The summed E-state index contributed by atoms with van der Waals surface area (Å²) < 4.78 is 11.6. The molecule has 0 unspecified atom stereocenters. The minimum Gasteiger partial charge on any atom is -0.493 e. The molecule has 5 nitrogen and oxygen atoms in total. The van der Waals surface area contributed by atoms with Crippen molar-refractivity contribution in [1.82, 2.24) is 4.90 Å². The molecule has 0 radical (unpaired) electrons. The van der Waals surface area contributed by atoms with E-state index in [2.05, 4.69) is 15.9 Å². The molecule has 0 N–H and O–H groups in total. The van der Waals surface area contributed by atoms with E-state index in [0.29, 0.717) is 23.0 Å². The van der Waals surface area contributed by atoms with Gasteiger partial charge in [0.25, 0.3) is 11.1 Å². The second kappa shape index (κ2) is 8.07. The van der Waals surface area contributed by atoms with Gasteiger partial charge >= 0.3 is 0 Å². The van der Waals surface area contributed by atoms with E-state index in [1.165, 1.54) is 4.90 Å². The first-order chi connectivity index (χ1) is 11.4. The number of hydrogen-bond donors (Lipinski definition) is 0. The molecule has 0 bridgehead atoms. The smallest absolute Gasteiger partial charge is 0.293 e. The van der Waals surface area contributed by atoms with Crippen LogP contribution in [0.25, 0.3) is 6.08 Å². The summed E-state index contributed by atoms with van der Waals surface area (Å²) in [6.07, 6.45) is 2.43. The third kappa shape index (κ3) is 3.78. The summed E-state index contributed by atoms with van der Waals surface area (Å²) in [6, 6.07) is 3.47. The van der Waals surface area contributed by atoms with Crippen LogP contribution in [-0.2, 0) is 4.79 Å². The quantitative estimate of drug-likeness (QED) is 0.632. The molecular formula is C17H20BrNO4S. The number of carbonyl (C=O) groups excluding carboxylic acids is 2. The molecule has 1 aliphatic heterocycles. The first-order valence-corrected chi connectivity index (χ1v) is 9.31. The lowest BCUT2D eigenvalue weighted by Gasteiger charge is -2.19. The van der Waals surface area contributed by atoms with Crippen molar-refractivity contribution >= 4 is 44.9 Å². The topological polar surface area (TPSA) is 55.8 Å². The van der Waals surface area contributed by atoms with Crippen molar-refractivity contribution < 1.29 is 19.1 Å². The number of hydrogen-bond acceptors (Lipinski definition) is 5. The maximum absolute atomic E-state index is 12.5. The molecule has 1 fully saturated rings. The van der Waals surface area contributed by atoms with Gasteiger partial charge < -0.3 is 9.47 Å². The van der Waals surface area contributed by atoms with E-state index in [9.17, 15) is 9.59 Å². The monoisotopic (exact) mass is 413 g/mol. The molecular weight excluding hydrogens is 394 g/mol. The Labute approximate surface area is 154 Å². The van der Waals surface area contributed by atoms with Crippen LogP contribution in [0.4, 0.5) is 4.79 Å². The van der Waals surface area contributed by atoms with Crippen molar-refractivity contribution in [3.8, 4) is 11.5 Å². The van der Waals surface area contributed by atoms with E-state index in [-0.39, 0.29) is 17.2 Å². The Morgan fingerprint density at radius 1 is 1.29 bits per heavy atom. The van der Waals surface area contributed by atoms with Crippen molar-refractivity contribution in [2.75, 3.05) is 13.7 Å². The molecule has 1 saturated heterocycles. The van der Waals surface area contributed by atoms with Gasteiger partial charge in [0, 0.05) is 10.5 Å². The van der Waals surface area contributed by atoms with Gasteiger partial charge in [0.05, 0.1) is 18.6 Å². The molecule has 1 aromatic rings. The third-order valence-corrected chi connectivity index (χ3v) is 5.29. The van der Waals surface area contributed by atoms with Crippen LogP contribution in [0.5, 0.6) is 11.5 Å². The van der Waals surface area contributed by atoms with Crippen LogP contribution in [-0.4, -0.2) is 35.8 Å². The van der Waals surface area contributed by atoms with E-state index in [4.69, 9.17) is 9.47 Å². The fourth-order valence-electron chi connectivity index (χ4n) is 2.27. The summed E-state index contributed by atoms with van der Waals surface area (Å²) >= 11 is 4.44. The highest BCUT2D eigenvalue weighted by atomic mass is 79.9. The summed E-state index contributed by atoms with van der Waals surface area (Å²) in [5.74, 6) is 0.947. The predicted molar refractivity (Wildman–Crippen MR) is 99.4 cm³/mol. The number of rotatable bonds is 6. The lowest BCUT2D eigenvalue weighted by Crippen LogP contribution is -2.36. The summed E-state index contributed by atoms with van der Waals surface area (Å²) in [6.45, 7) is 6.24. The Bertz CT molecular complexity index is 689. The first kappa shape index (κ1) is 18.9. The van der Waals surface area contributed by atoms with Crippen molar-refractivity contribution in [2.24, 2.45) is 0 Å². The van der Waals surface area contributed by atoms with E-state index < -0.39 is 0 Å². The van der Waals surface area contributed by atoms with E-state index in [1.807, 2.05) is 20.8 Å². The zero-order chi connectivity index (χ0) is 17.9. The Hall–Kier alpha value is -1.47. The minimum absolute atomic E-state index is 0.110. The van der Waals surface area contributed by atoms with Gasteiger partial charge in [-0.3, -0.25) is 14.5 Å². The number of carbonyl (C=O) groups is 2. The standard InChI is InChI=1S/C17H20BrNO4S/c1-5-10(3)19-16(20)15(24-17(19)21)8-11-7-13(22-4)14(23-6-2)9-12(11)18/h7-10H,5-6H2,1-4H3/b15-8+/t10-/m0/s1. The summed E-state index contributed by atoms with van der Waals surface area (Å²) in [5, 5.41) is -0.227. The van der Waals surface area contributed by atoms with Gasteiger partial charge in [-0.2, -0.15) is 0 Å². The number of halogens is 1. The second-order valence-corrected chi connectivity index (χ2v) is 7.11. The van der Waals surface area contributed by atoms with Gasteiger partial charge in [-0.25, -0.2) is 0 Å². The van der Waals surface area contributed by atoms with Crippen LogP contribution in [0, 0.1) is 0 Å². The van der Waals surface area contributed by atoms with E-state index >= 15 is 0 Å². The zero-order valence-electron chi connectivity index (χ0n) is 14.1. The van der Waals surface area contributed by atoms with Crippen LogP contribution in [0.15, 0.2) is 21.5 Å². The Morgan fingerprint density at radius 3 is 2.58 bits per heavy atom.